The average molecular weight is 302 g/mol. The first kappa shape index (κ1) is 16.8. The summed E-state index contributed by atoms with van der Waals surface area (Å²) in [4.78, 5) is 1.34. The lowest BCUT2D eigenvalue weighted by molar-refractivity contribution is 0.199. The lowest BCUT2D eigenvalue weighted by Crippen LogP contribution is -2.18. The van der Waals surface area contributed by atoms with Crippen LogP contribution >= 0.6 is 23.4 Å². The van der Waals surface area contributed by atoms with Gasteiger partial charge < -0.3 is 10.1 Å². The molecule has 0 saturated carbocycles. The van der Waals surface area contributed by atoms with Gasteiger partial charge >= 0.3 is 0 Å². The number of rotatable bonds is 10. The fourth-order valence-electron chi connectivity index (χ4n) is 1.76. The first-order valence-corrected chi connectivity index (χ1v) is 8.25. The number of halogens is 1. The predicted molar refractivity (Wildman–Crippen MR) is 85.3 cm³/mol. The van der Waals surface area contributed by atoms with Crippen LogP contribution in [0.5, 0.6) is 0 Å². The van der Waals surface area contributed by atoms with Crippen molar-refractivity contribution in [1.82, 2.24) is 5.32 Å². The highest BCUT2D eigenvalue weighted by Crippen LogP contribution is 2.26. The zero-order valence-corrected chi connectivity index (χ0v) is 13.4. The highest BCUT2D eigenvalue weighted by molar-refractivity contribution is 7.99. The molecule has 2 nitrogen and oxygen atoms in total. The third-order valence-corrected chi connectivity index (χ3v) is 4.26. The van der Waals surface area contributed by atoms with E-state index in [1.165, 1.54) is 35.5 Å². The van der Waals surface area contributed by atoms with E-state index >= 15 is 0 Å². The van der Waals surface area contributed by atoms with Crippen LogP contribution < -0.4 is 5.32 Å². The molecule has 108 valence electrons. The Kier molecular flexibility index (Phi) is 9.35. The Balaban J connectivity index is 2.48. The lowest BCUT2D eigenvalue weighted by atomic mass is 10.2. The summed E-state index contributed by atoms with van der Waals surface area (Å²) in [5.74, 6) is 1.18. The van der Waals surface area contributed by atoms with E-state index in [0.717, 1.165) is 24.7 Å². The van der Waals surface area contributed by atoms with Crippen LogP contribution in [-0.2, 0) is 11.3 Å². The Morgan fingerprint density at radius 1 is 1.32 bits per heavy atom. The van der Waals surface area contributed by atoms with Gasteiger partial charge in [-0.2, -0.15) is 0 Å². The van der Waals surface area contributed by atoms with Crippen LogP contribution in [-0.4, -0.2) is 26.0 Å². The van der Waals surface area contributed by atoms with E-state index in [1.54, 1.807) is 7.11 Å². The molecular formula is C15H24ClNOS. The van der Waals surface area contributed by atoms with E-state index in [2.05, 4.69) is 24.4 Å². The van der Waals surface area contributed by atoms with Crippen molar-refractivity contribution in [1.29, 1.82) is 0 Å². The fraction of sp³-hybridized carbons (Fsp3) is 0.600. The minimum absolute atomic E-state index is 0.736. The van der Waals surface area contributed by atoms with Crippen LogP contribution in [0.2, 0.25) is 5.02 Å². The molecule has 0 aliphatic rings. The Hall–Kier alpha value is -0.220. The molecule has 0 aromatic heterocycles. The standard InChI is InChI=1S/C15H24ClNOS/c1-3-4-5-10-19-15-7-6-14(16)11-13(15)12-17-8-9-18-2/h6-7,11,17H,3-5,8-10,12H2,1-2H3. The van der Waals surface area contributed by atoms with Gasteiger partial charge in [0.2, 0.25) is 0 Å². The van der Waals surface area contributed by atoms with E-state index in [9.17, 15) is 0 Å². The molecule has 0 aliphatic carbocycles. The molecule has 0 bridgehead atoms. The summed E-state index contributed by atoms with van der Waals surface area (Å²) in [7, 11) is 1.72. The van der Waals surface area contributed by atoms with Gasteiger partial charge in [0.15, 0.2) is 0 Å². The van der Waals surface area contributed by atoms with Gasteiger partial charge in [-0.05, 0) is 35.9 Å². The highest BCUT2D eigenvalue weighted by Gasteiger charge is 2.04. The molecule has 1 aromatic carbocycles. The number of benzene rings is 1. The van der Waals surface area contributed by atoms with Crippen molar-refractivity contribution in [3.63, 3.8) is 0 Å². The van der Waals surface area contributed by atoms with Gasteiger partial charge in [-0.25, -0.2) is 0 Å². The second-order valence-electron chi connectivity index (χ2n) is 4.48. The molecule has 0 saturated heterocycles. The van der Waals surface area contributed by atoms with E-state index in [1.807, 2.05) is 17.8 Å². The molecular weight excluding hydrogens is 278 g/mol. The molecule has 0 heterocycles. The lowest BCUT2D eigenvalue weighted by Gasteiger charge is -2.11. The number of hydrogen-bond acceptors (Lipinski definition) is 3. The second kappa shape index (κ2) is 10.6. The molecule has 4 heteroatoms. The number of nitrogens with one attached hydrogen (secondary N) is 1. The van der Waals surface area contributed by atoms with Crippen LogP contribution in [0.15, 0.2) is 23.1 Å². The normalized spacial score (nSPS) is 10.9. The van der Waals surface area contributed by atoms with Crippen molar-refractivity contribution < 1.29 is 4.74 Å². The van der Waals surface area contributed by atoms with Gasteiger partial charge in [0, 0.05) is 30.1 Å². The summed E-state index contributed by atoms with van der Waals surface area (Å²) in [6.07, 6.45) is 3.86. The maximum atomic E-state index is 6.08. The summed E-state index contributed by atoms with van der Waals surface area (Å²) in [5, 5.41) is 4.18. The molecule has 19 heavy (non-hydrogen) atoms. The predicted octanol–water partition coefficient (Wildman–Crippen LogP) is 4.36. The van der Waals surface area contributed by atoms with Crippen molar-refractivity contribution in [3.8, 4) is 0 Å². The Bertz CT molecular complexity index is 360. The molecule has 1 rings (SSSR count). The molecule has 0 aliphatic heterocycles. The van der Waals surface area contributed by atoms with Crippen LogP contribution in [0.25, 0.3) is 0 Å². The number of thioether (sulfide) groups is 1. The first-order chi connectivity index (χ1) is 9.27. The van der Waals surface area contributed by atoms with E-state index in [4.69, 9.17) is 16.3 Å². The number of ether oxygens (including phenoxy) is 1. The van der Waals surface area contributed by atoms with Crippen molar-refractivity contribution >= 4 is 23.4 Å². The molecule has 0 spiro atoms. The molecule has 0 radical (unpaired) electrons. The zero-order chi connectivity index (χ0) is 13.9. The quantitative estimate of drug-likeness (QED) is 0.512. The van der Waals surface area contributed by atoms with Crippen molar-refractivity contribution in [2.24, 2.45) is 0 Å². The third kappa shape index (κ3) is 7.21. The summed E-state index contributed by atoms with van der Waals surface area (Å²) >= 11 is 8.01. The number of methoxy groups -OCH3 is 1. The molecule has 1 aromatic rings. The van der Waals surface area contributed by atoms with Crippen molar-refractivity contribution in [2.45, 2.75) is 37.6 Å². The SMILES string of the molecule is CCCCCSc1ccc(Cl)cc1CNCCOC. The van der Waals surface area contributed by atoms with Crippen molar-refractivity contribution in [2.75, 3.05) is 26.0 Å². The minimum Gasteiger partial charge on any atom is -0.383 e. The molecule has 0 amide bonds. The van der Waals surface area contributed by atoms with E-state index < -0.39 is 0 Å². The summed E-state index contributed by atoms with van der Waals surface area (Å²) < 4.78 is 5.03. The van der Waals surface area contributed by atoms with Gasteiger partial charge in [0.05, 0.1) is 6.61 Å². The number of unbranched alkanes of at least 4 members (excludes halogenated alkanes) is 2. The summed E-state index contributed by atoms with van der Waals surface area (Å²) in [5.41, 5.74) is 1.28. The van der Waals surface area contributed by atoms with Gasteiger partial charge in [-0.3, -0.25) is 0 Å². The van der Waals surface area contributed by atoms with Crippen LogP contribution in [0.1, 0.15) is 31.7 Å². The maximum Gasteiger partial charge on any atom is 0.0587 e. The Morgan fingerprint density at radius 2 is 2.16 bits per heavy atom. The van der Waals surface area contributed by atoms with Gasteiger partial charge in [0.25, 0.3) is 0 Å². The molecule has 0 fully saturated rings. The third-order valence-electron chi connectivity index (χ3n) is 2.83. The maximum absolute atomic E-state index is 6.08. The van der Waals surface area contributed by atoms with Crippen LogP contribution in [0, 0.1) is 0 Å². The topological polar surface area (TPSA) is 21.3 Å². The Labute approximate surface area is 126 Å². The highest BCUT2D eigenvalue weighted by atomic mass is 35.5. The fourth-order valence-corrected chi connectivity index (χ4v) is 3.00. The minimum atomic E-state index is 0.736. The first-order valence-electron chi connectivity index (χ1n) is 6.88. The smallest absolute Gasteiger partial charge is 0.0587 e. The van der Waals surface area contributed by atoms with Crippen LogP contribution in [0.4, 0.5) is 0 Å². The molecule has 0 atom stereocenters. The van der Waals surface area contributed by atoms with Crippen molar-refractivity contribution in [3.05, 3.63) is 28.8 Å². The zero-order valence-electron chi connectivity index (χ0n) is 11.9. The molecule has 0 unspecified atom stereocenters. The summed E-state index contributed by atoms with van der Waals surface area (Å²) in [6, 6.07) is 6.16. The monoisotopic (exact) mass is 301 g/mol. The number of hydrogen-bond donors (Lipinski definition) is 1. The molecule has 1 N–H and O–H groups in total. The summed E-state index contributed by atoms with van der Waals surface area (Å²) in [6.45, 7) is 4.68. The average Bonchev–Trinajstić information content (AvgIpc) is 2.41. The second-order valence-corrected chi connectivity index (χ2v) is 6.05. The van der Waals surface area contributed by atoms with E-state index in [-0.39, 0.29) is 0 Å². The Morgan fingerprint density at radius 3 is 2.89 bits per heavy atom. The van der Waals surface area contributed by atoms with E-state index in [0.29, 0.717) is 0 Å². The van der Waals surface area contributed by atoms with Gasteiger partial charge in [-0.15, -0.1) is 11.8 Å². The largest absolute Gasteiger partial charge is 0.383 e. The van der Waals surface area contributed by atoms with Crippen LogP contribution in [0.3, 0.4) is 0 Å². The van der Waals surface area contributed by atoms with Gasteiger partial charge in [0.1, 0.15) is 0 Å². The van der Waals surface area contributed by atoms with Gasteiger partial charge in [-0.1, -0.05) is 31.4 Å².